The molecule has 5 atom stereocenters. The number of hydrogen-bond donors (Lipinski definition) is 2. The van der Waals surface area contributed by atoms with Gasteiger partial charge in [0.05, 0.1) is 6.10 Å². The smallest absolute Gasteiger partial charge is 0.339 e. The Kier molecular flexibility index (Phi) is 3.40. The number of ether oxygens (including phenoxy) is 1. The van der Waals surface area contributed by atoms with Gasteiger partial charge in [-0.05, 0) is 32.1 Å². The molecule has 0 aromatic carbocycles. The van der Waals surface area contributed by atoms with Crippen molar-refractivity contribution in [3.8, 4) is 0 Å². The second-order valence-electron chi connectivity index (χ2n) is 6.52. The van der Waals surface area contributed by atoms with Crippen LogP contribution in [0.2, 0.25) is 0 Å². The Hall–Kier alpha value is -1.29. The van der Waals surface area contributed by atoms with E-state index in [-0.39, 0.29) is 17.8 Å². The van der Waals surface area contributed by atoms with Crippen molar-refractivity contribution in [1.82, 2.24) is 5.32 Å². The molecule has 1 unspecified atom stereocenters. The molecule has 0 amide bonds. The fraction of sp³-hybridized carbons (Fsp3) is 0.706. The first-order chi connectivity index (χ1) is 10.0. The summed E-state index contributed by atoms with van der Waals surface area (Å²) in [5, 5.41) is 14.3. The van der Waals surface area contributed by atoms with Crippen LogP contribution in [0, 0.1) is 11.8 Å². The molecule has 0 saturated carbocycles. The Morgan fingerprint density at radius 3 is 2.86 bits per heavy atom. The lowest BCUT2D eigenvalue weighted by atomic mass is 9.62. The van der Waals surface area contributed by atoms with Crippen LogP contribution >= 0.6 is 0 Å². The van der Waals surface area contributed by atoms with E-state index in [9.17, 15) is 9.90 Å². The van der Waals surface area contributed by atoms with Crippen molar-refractivity contribution < 1.29 is 14.6 Å². The van der Waals surface area contributed by atoms with Crippen LogP contribution in [0.15, 0.2) is 24.4 Å². The molecule has 1 aliphatic carbocycles. The highest BCUT2D eigenvalue weighted by Crippen LogP contribution is 2.57. The summed E-state index contributed by atoms with van der Waals surface area (Å²) in [5.41, 5.74) is -0.823. The SMILES string of the molecule is C=C1NC2([C@@H](O)[C@@H]3C=CCCC3)C(=O)O[C@@]2(CC)[C@H]1CC. The fourth-order valence-corrected chi connectivity index (χ4v) is 4.62. The fourth-order valence-electron chi connectivity index (χ4n) is 4.62. The predicted octanol–water partition coefficient (Wildman–Crippen LogP) is 2.29. The molecule has 2 fully saturated rings. The molecule has 21 heavy (non-hydrogen) atoms. The molecule has 0 bridgehead atoms. The van der Waals surface area contributed by atoms with Crippen LogP contribution in [0.25, 0.3) is 0 Å². The van der Waals surface area contributed by atoms with Gasteiger partial charge in [0.1, 0.15) is 0 Å². The molecule has 116 valence electrons. The molecule has 4 nitrogen and oxygen atoms in total. The molecule has 2 N–H and O–H groups in total. The van der Waals surface area contributed by atoms with Gasteiger partial charge in [0.15, 0.2) is 5.60 Å². The largest absolute Gasteiger partial charge is 0.453 e. The molecular weight excluding hydrogens is 266 g/mol. The average molecular weight is 291 g/mol. The van der Waals surface area contributed by atoms with Crippen molar-refractivity contribution >= 4 is 5.97 Å². The number of nitrogens with one attached hydrogen (secondary N) is 1. The average Bonchev–Trinajstić information content (AvgIpc) is 2.71. The number of allylic oxidation sites excluding steroid dienone is 1. The second kappa shape index (κ2) is 4.87. The lowest BCUT2D eigenvalue weighted by molar-refractivity contribution is -0.244. The third-order valence-electron chi connectivity index (χ3n) is 5.68. The zero-order valence-electron chi connectivity index (χ0n) is 12.9. The van der Waals surface area contributed by atoms with Gasteiger partial charge in [0, 0.05) is 17.5 Å². The van der Waals surface area contributed by atoms with Crippen molar-refractivity contribution in [2.45, 2.75) is 63.2 Å². The molecule has 0 aromatic heterocycles. The topological polar surface area (TPSA) is 58.6 Å². The molecule has 0 radical (unpaired) electrons. The maximum Gasteiger partial charge on any atom is 0.339 e. The highest BCUT2D eigenvalue weighted by Gasteiger charge is 2.78. The summed E-state index contributed by atoms with van der Waals surface area (Å²) in [6, 6.07) is 0. The zero-order valence-corrected chi connectivity index (χ0v) is 12.9. The number of carbonyl (C=O) groups excluding carboxylic acids is 1. The van der Waals surface area contributed by atoms with Crippen molar-refractivity contribution in [1.29, 1.82) is 0 Å². The predicted molar refractivity (Wildman–Crippen MR) is 80.4 cm³/mol. The molecule has 3 rings (SSSR count). The number of rotatable bonds is 4. The van der Waals surface area contributed by atoms with E-state index in [0.29, 0.717) is 6.42 Å². The molecule has 0 spiro atoms. The number of aliphatic hydroxyl groups is 1. The van der Waals surface area contributed by atoms with Crippen LogP contribution < -0.4 is 5.32 Å². The summed E-state index contributed by atoms with van der Waals surface area (Å²) >= 11 is 0. The molecule has 0 aromatic rings. The monoisotopic (exact) mass is 291 g/mol. The quantitative estimate of drug-likeness (QED) is 0.616. The number of esters is 1. The van der Waals surface area contributed by atoms with Gasteiger partial charge in [-0.1, -0.05) is 32.6 Å². The summed E-state index contributed by atoms with van der Waals surface area (Å²) in [7, 11) is 0. The Bertz CT molecular complexity index is 500. The molecule has 2 heterocycles. The van der Waals surface area contributed by atoms with E-state index in [1.807, 2.05) is 6.92 Å². The first kappa shape index (κ1) is 14.6. The highest BCUT2D eigenvalue weighted by molar-refractivity contribution is 5.92. The van der Waals surface area contributed by atoms with E-state index in [1.165, 1.54) is 0 Å². The van der Waals surface area contributed by atoms with Crippen LogP contribution in [0.3, 0.4) is 0 Å². The van der Waals surface area contributed by atoms with E-state index in [4.69, 9.17) is 4.74 Å². The van der Waals surface area contributed by atoms with Gasteiger partial charge in [0.25, 0.3) is 0 Å². The third kappa shape index (κ3) is 1.62. The van der Waals surface area contributed by atoms with Crippen LogP contribution in [0.1, 0.15) is 46.0 Å². The van der Waals surface area contributed by atoms with Crippen molar-refractivity contribution in [2.75, 3.05) is 0 Å². The summed E-state index contributed by atoms with van der Waals surface area (Å²) < 4.78 is 5.64. The van der Waals surface area contributed by atoms with Crippen molar-refractivity contribution in [3.05, 3.63) is 24.4 Å². The van der Waals surface area contributed by atoms with Crippen LogP contribution in [0.5, 0.6) is 0 Å². The van der Waals surface area contributed by atoms with Crippen LogP contribution in [0.4, 0.5) is 0 Å². The summed E-state index contributed by atoms with van der Waals surface area (Å²) in [6.45, 7) is 8.17. The normalized spacial score (nSPS) is 42.8. The number of fused-ring (bicyclic) bond motifs is 1. The number of carbonyl (C=O) groups is 1. The minimum absolute atomic E-state index is 0.00781. The van der Waals surface area contributed by atoms with E-state index in [2.05, 4.69) is 31.0 Å². The lowest BCUT2D eigenvalue weighted by Gasteiger charge is -2.56. The molecular formula is C17H25NO3. The Morgan fingerprint density at radius 1 is 1.57 bits per heavy atom. The first-order valence-electron chi connectivity index (χ1n) is 8.08. The van der Waals surface area contributed by atoms with Crippen LogP contribution in [-0.4, -0.2) is 28.3 Å². The van der Waals surface area contributed by atoms with Crippen molar-refractivity contribution in [3.63, 3.8) is 0 Å². The maximum absolute atomic E-state index is 12.4. The summed E-state index contributed by atoms with van der Waals surface area (Å²) in [6.07, 6.45) is 7.96. The van der Waals surface area contributed by atoms with Gasteiger partial charge in [0.2, 0.25) is 5.54 Å². The molecule has 3 aliphatic rings. The minimum atomic E-state index is -1.01. The van der Waals surface area contributed by atoms with Gasteiger partial charge in [-0.25, -0.2) is 4.79 Å². The van der Waals surface area contributed by atoms with Gasteiger partial charge in [-0.15, -0.1) is 0 Å². The first-order valence-corrected chi connectivity index (χ1v) is 8.08. The minimum Gasteiger partial charge on any atom is -0.453 e. The van der Waals surface area contributed by atoms with Gasteiger partial charge in [-0.2, -0.15) is 0 Å². The molecule has 2 saturated heterocycles. The Labute approximate surface area is 126 Å². The second-order valence-corrected chi connectivity index (χ2v) is 6.52. The molecule has 2 aliphatic heterocycles. The van der Waals surface area contributed by atoms with E-state index < -0.39 is 17.2 Å². The van der Waals surface area contributed by atoms with E-state index in [0.717, 1.165) is 31.4 Å². The standard InChI is InChI=1S/C17H25NO3/c1-4-13-11(3)18-17(15(20)21-16(13,17)5-2)14(19)12-9-7-6-8-10-12/h7,9,12-14,18-19H,3-6,8,10H2,1-2H3/t12-,13+,14+,16+,17?/m1/s1. The Balaban J connectivity index is 2.00. The van der Waals surface area contributed by atoms with E-state index in [1.54, 1.807) is 0 Å². The van der Waals surface area contributed by atoms with Gasteiger partial charge >= 0.3 is 5.97 Å². The summed E-state index contributed by atoms with van der Waals surface area (Å²) in [4.78, 5) is 12.4. The van der Waals surface area contributed by atoms with Gasteiger partial charge in [-0.3, -0.25) is 0 Å². The number of aliphatic hydroxyl groups excluding tert-OH is 1. The van der Waals surface area contributed by atoms with Gasteiger partial charge < -0.3 is 15.2 Å². The van der Waals surface area contributed by atoms with Crippen molar-refractivity contribution in [2.24, 2.45) is 11.8 Å². The number of hydrogen-bond acceptors (Lipinski definition) is 4. The summed E-state index contributed by atoms with van der Waals surface area (Å²) in [5.74, 6) is -0.247. The van der Waals surface area contributed by atoms with E-state index >= 15 is 0 Å². The highest BCUT2D eigenvalue weighted by atomic mass is 16.6. The third-order valence-corrected chi connectivity index (χ3v) is 5.68. The Morgan fingerprint density at radius 2 is 2.33 bits per heavy atom. The van der Waals surface area contributed by atoms with Crippen LogP contribution in [-0.2, 0) is 9.53 Å². The zero-order chi connectivity index (χ0) is 15.3. The molecule has 4 heteroatoms. The lowest BCUT2D eigenvalue weighted by Crippen LogP contribution is -2.80. The maximum atomic E-state index is 12.4.